The third-order valence-corrected chi connectivity index (χ3v) is 7.12. The van der Waals surface area contributed by atoms with E-state index in [1.165, 1.54) is 24.8 Å². The number of hydrogen-bond donors (Lipinski definition) is 2. The molecule has 6 heteroatoms. The number of hydrogen-bond acceptors (Lipinski definition) is 4. The fourth-order valence-corrected chi connectivity index (χ4v) is 5.05. The zero-order valence-corrected chi connectivity index (χ0v) is 19.4. The normalized spacial score (nSPS) is 14.8. The van der Waals surface area contributed by atoms with Crippen molar-refractivity contribution in [1.82, 2.24) is 24.7 Å². The molecule has 0 aliphatic heterocycles. The minimum absolute atomic E-state index is 0.112. The topological polar surface area (TPSA) is 67.2 Å². The van der Waals surface area contributed by atoms with Crippen molar-refractivity contribution >= 4 is 5.65 Å². The molecule has 1 fully saturated rings. The third kappa shape index (κ3) is 3.22. The van der Waals surface area contributed by atoms with Crippen LogP contribution in [0.25, 0.3) is 39.5 Å². The van der Waals surface area contributed by atoms with E-state index < -0.39 is 0 Å². The van der Waals surface area contributed by atoms with Crippen molar-refractivity contribution in [1.29, 1.82) is 0 Å². The van der Waals surface area contributed by atoms with Gasteiger partial charge in [-0.2, -0.15) is 0 Å². The summed E-state index contributed by atoms with van der Waals surface area (Å²) in [5.74, 6) is 1.49. The van der Waals surface area contributed by atoms with E-state index in [1.807, 2.05) is 18.3 Å². The number of H-pyrrole nitrogens is 1. The van der Waals surface area contributed by atoms with E-state index in [4.69, 9.17) is 9.72 Å². The molecule has 0 radical (unpaired) electrons. The number of imidazole rings is 2. The number of aromatic nitrogens is 4. The number of aromatic amines is 1. The van der Waals surface area contributed by atoms with Crippen LogP contribution in [0, 0.1) is 0 Å². The van der Waals surface area contributed by atoms with Gasteiger partial charge in [0.25, 0.3) is 0 Å². The highest BCUT2D eigenvalue weighted by Crippen LogP contribution is 2.42. The van der Waals surface area contributed by atoms with Gasteiger partial charge < -0.3 is 15.0 Å². The van der Waals surface area contributed by atoms with Crippen LogP contribution in [-0.4, -0.2) is 33.5 Å². The van der Waals surface area contributed by atoms with Crippen molar-refractivity contribution in [2.24, 2.45) is 0 Å². The average molecular weight is 450 g/mol. The number of nitrogens with one attached hydrogen (secondary N) is 2. The first-order chi connectivity index (χ1) is 16.7. The Balaban J connectivity index is 1.57. The Morgan fingerprint density at radius 2 is 1.79 bits per heavy atom. The maximum atomic E-state index is 5.77. The SMILES string of the molecule is CNC1(c2ccc(-c3nc4c(OC)cc(-c5ncc[nH]5)cn4c3-c3ccccc3)cc2)CCC1. The minimum atomic E-state index is 0.112. The van der Waals surface area contributed by atoms with Crippen LogP contribution in [0.2, 0.25) is 0 Å². The highest BCUT2D eigenvalue weighted by atomic mass is 16.5. The summed E-state index contributed by atoms with van der Waals surface area (Å²) < 4.78 is 7.89. The molecule has 1 aliphatic carbocycles. The molecule has 6 nitrogen and oxygen atoms in total. The summed E-state index contributed by atoms with van der Waals surface area (Å²) in [6, 6.07) is 21.3. The van der Waals surface area contributed by atoms with Gasteiger partial charge in [0.15, 0.2) is 11.4 Å². The maximum Gasteiger partial charge on any atom is 0.180 e. The first-order valence-corrected chi connectivity index (χ1v) is 11.7. The van der Waals surface area contributed by atoms with Gasteiger partial charge in [0.05, 0.1) is 18.5 Å². The maximum absolute atomic E-state index is 5.77. The van der Waals surface area contributed by atoms with Gasteiger partial charge in [0.1, 0.15) is 5.82 Å². The van der Waals surface area contributed by atoms with Crippen LogP contribution in [-0.2, 0) is 5.54 Å². The summed E-state index contributed by atoms with van der Waals surface area (Å²) in [5.41, 5.74) is 7.31. The highest BCUT2D eigenvalue weighted by molar-refractivity contribution is 5.84. The van der Waals surface area contributed by atoms with Crippen LogP contribution >= 0.6 is 0 Å². The van der Waals surface area contributed by atoms with Gasteiger partial charge in [-0.05, 0) is 37.9 Å². The first-order valence-electron chi connectivity index (χ1n) is 11.7. The van der Waals surface area contributed by atoms with E-state index in [2.05, 4.69) is 81.5 Å². The Morgan fingerprint density at radius 1 is 1.00 bits per heavy atom. The van der Waals surface area contributed by atoms with E-state index in [-0.39, 0.29) is 5.54 Å². The van der Waals surface area contributed by atoms with Crippen LogP contribution in [0.4, 0.5) is 0 Å². The molecule has 6 rings (SSSR count). The number of benzene rings is 2. The fourth-order valence-electron chi connectivity index (χ4n) is 5.05. The van der Waals surface area contributed by atoms with Crippen LogP contribution in [0.5, 0.6) is 5.75 Å². The van der Waals surface area contributed by atoms with Crippen molar-refractivity contribution in [3.63, 3.8) is 0 Å². The second-order valence-electron chi connectivity index (χ2n) is 8.87. The highest BCUT2D eigenvalue weighted by Gasteiger charge is 2.36. The molecule has 3 aromatic heterocycles. The standard InChI is InChI=1S/C28H27N5O/c1-29-28(13-6-14-28)22-11-9-19(10-12-22)24-25(20-7-4-3-5-8-20)33-18-21(26-30-15-16-31-26)17-23(34-2)27(33)32-24/h3-5,7-12,15-18,29H,6,13-14H2,1-2H3,(H,30,31). The van der Waals surface area contributed by atoms with Crippen molar-refractivity contribution in [2.45, 2.75) is 24.8 Å². The van der Waals surface area contributed by atoms with E-state index in [0.717, 1.165) is 39.5 Å². The summed E-state index contributed by atoms with van der Waals surface area (Å²) in [6.45, 7) is 0. The van der Waals surface area contributed by atoms with Gasteiger partial charge in [-0.25, -0.2) is 9.97 Å². The quantitative estimate of drug-likeness (QED) is 0.351. The molecule has 0 atom stereocenters. The van der Waals surface area contributed by atoms with Crippen LogP contribution in [0.3, 0.4) is 0 Å². The molecule has 0 unspecified atom stereocenters. The number of ether oxygens (including phenoxy) is 1. The van der Waals surface area contributed by atoms with Crippen molar-refractivity contribution in [3.8, 4) is 39.7 Å². The van der Waals surface area contributed by atoms with Gasteiger partial charge in [0.2, 0.25) is 0 Å². The molecule has 5 aromatic rings. The molecular weight excluding hydrogens is 422 g/mol. The lowest BCUT2D eigenvalue weighted by Gasteiger charge is -2.42. The Bertz CT molecular complexity index is 1430. The molecule has 1 aliphatic rings. The number of methoxy groups -OCH3 is 1. The van der Waals surface area contributed by atoms with E-state index >= 15 is 0 Å². The predicted molar refractivity (Wildman–Crippen MR) is 135 cm³/mol. The lowest BCUT2D eigenvalue weighted by atomic mass is 9.72. The first kappa shape index (κ1) is 20.7. The molecular formula is C28H27N5O. The van der Waals surface area contributed by atoms with Crippen LogP contribution in [0.1, 0.15) is 24.8 Å². The third-order valence-electron chi connectivity index (χ3n) is 7.12. The van der Waals surface area contributed by atoms with E-state index in [9.17, 15) is 0 Å². The molecule has 0 bridgehead atoms. The number of pyridine rings is 1. The lowest BCUT2D eigenvalue weighted by Crippen LogP contribution is -2.45. The minimum Gasteiger partial charge on any atom is -0.493 e. The predicted octanol–water partition coefficient (Wildman–Crippen LogP) is 5.67. The Morgan fingerprint density at radius 3 is 2.41 bits per heavy atom. The molecule has 34 heavy (non-hydrogen) atoms. The average Bonchev–Trinajstić information content (AvgIpc) is 3.52. The second-order valence-corrected chi connectivity index (χ2v) is 8.87. The van der Waals surface area contributed by atoms with E-state index in [0.29, 0.717) is 5.75 Å². The molecule has 2 N–H and O–H groups in total. The summed E-state index contributed by atoms with van der Waals surface area (Å²) in [4.78, 5) is 12.7. The van der Waals surface area contributed by atoms with E-state index in [1.54, 1.807) is 13.3 Å². The summed E-state index contributed by atoms with van der Waals surface area (Å²) in [5, 5.41) is 3.54. The molecule has 170 valence electrons. The Labute approximate surface area is 198 Å². The molecule has 3 heterocycles. The zero-order chi connectivity index (χ0) is 23.1. The molecule has 0 amide bonds. The summed E-state index contributed by atoms with van der Waals surface area (Å²) in [6.07, 6.45) is 9.29. The second kappa shape index (κ2) is 8.15. The lowest BCUT2D eigenvalue weighted by molar-refractivity contribution is 0.201. The smallest absolute Gasteiger partial charge is 0.180 e. The number of fused-ring (bicyclic) bond motifs is 1. The van der Waals surface area contributed by atoms with Crippen LogP contribution < -0.4 is 10.1 Å². The fraction of sp³-hybridized carbons (Fsp3) is 0.214. The molecule has 1 saturated carbocycles. The summed E-state index contributed by atoms with van der Waals surface area (Å²) in [7, 11) is 3.74. The summed E-state index contributed by atoms with van der Waals surface area (Å²) >= 11 is 0. The van der Waals surface area contributed by atoms with Gasteiger partial charge in [-0.3, -0.25) is 4.40 Å². The molecule has 0 saturated heterocycles. The van der Waals surface area contributed by atoms with Crippen molar-refractivity contribution in [3.05, 3.63) is 84.8 Å². The Kier molecular flexibility index (Phi) is 4.96. The Hall–Kier alpha value is -3.90. The number of rotatable bonds is 6. The van der Waals surface area contributed by atoms with Gasteiger partial charge in [0, 0.05) is 40.8 Å². The number of nitrogens with zero attached hydrogens (tertiary/aromatic N) is 3. The van der Waals surface area contributed by atoms with Gasteiger partial charge in [-0.15, -0.1) is 0 Å². The molecule has 2 aromatic carbocycles. The molecule has 0 spiro atoms. The van der Waals surface area contributed by atoms with Crippen LogP contribution in [0.15, 0.2) is 79.3 Å². The van der Waals surface area contributed by atoms with Crippen molar-refractivity contribution in [2.75, 3.05) is 14.2 Å². The van der Waals surface area contributed by atoms with Gasteiger partial charge >= 0.3 is 0 Å². The van der Waals surface area contributed by atoms with Crippen molar-refractivity contribution < 1.29 is 4.74 Å². The largest absolute Gasteiger partial charge is 0.493 e. The van der Waals surface area contributed by atoms with Gasteiger partial charge in [-0.1, -0.05) is 54.6 Å². The monoisotopic (exact) mass is 449 g/mol. The zero-order valence-electron chi connectivity index (χ0n) is 19.4.